The first kappa shape index (κ1) is 18.9. The Kier molecular flexibility index (Phi) is 5.76. The molecule has 27 heavy (non-hydrogen) atoms. The minimum Gasteiger partial charge on any atom is -0.378 e. The second-order valence-electron chi connectivity index (χ2n) is 7.05. The molecule has 0 aliphatic carbocycles. The first-order valence-electron chi connectivity index (χ1n) is 9.14. The number of hydrogen-bond acceptors (Lipinski definition) is 4. The Morgan fingerprint density at radius 2 is 1.85 bits per heavy atom. The lowest BCUT2D eigenvalue weighted by molar-refractivity contribution is -0.131. The fraction of sp³-hybridized carbons (Fsp3) is 0.333. The third-order valence-electron chi connectivity index (χ3n) is 4.85. The van der Waals surface area contributed by atoms with E-state index in [9.17, 15) is 9.59 Å². The molecule has 6 heteroatoms. The second kappa shape index (κ2) is 8.22. The zero-order chi connectivity index (χ0) is 19.4. The summed E-state index contributed by atoms with van der Waals surface area (Å²) >= 11 is 0. The predicted molar refractivity (Wildman–Crippen MR) is 108 cm³/mol. The van der Waals surface area contributed by atoms with Gasteiger partial charge in [-0.1, -0.05) is 30.3 Å². The highest BCUT2D eigenvalue weighted by molar-refractivity contribution is 6.06. The third-order valence-corrected chi connectivity index (χ3v) is 4.85. The Morgan fingerprint density at radius 1 is 1.19 bits per heavy atom. The molecular weight excluding hydrogens is 340 g/mol. The molecular formula is C21H26N4O2. The van der Waals surface area contributed by atoms with Crippen LogP contribution in [0.15, 0.2) is 54.6 Å². The highest BCUT2D eigenvalue weighted by atomic mass is 16.2. The Bertz CT molecular complexity index is 790. The maximum atomic E-state index is 12.4. The average Bonchev–Trinajstić information content (AvgIpc) is 2.69. The molecule has 1 heterocycles. The quantitative estimate of drug-likeness (QED) is 0.729. The van der Waals surface area contributed by atoms with E-state index in [-0.39, 0.29) is 11.8 Å². The topological polar surface area (TPSA) is 78.7 Å². The van der Waals surface area contributed by atoms with Crippen LogP contribution in [0.25, 0.3) is 0 Å². The Morgan fingerprint density at radius 3 is 2.44 bits per heavy atom. The normalized spacial score (nSPS) is 17.2. The molecule has 0 bridgehead atoms. The standard InChI is InChI=1S/C21H26N4O2/c1-24(2)16-9-11-17(12-10-16)25-14-19(21(25)27)23-20(26)18(22)13-8-15-6-4-3-5-7-15/h3-7,9-12,18-19H,8,13-14,22H2,1-2H3,(H,23,26)/t18-,19+/m0/s1. The van der Waals surface area contributed by atoms with Crippen molar-refractivity contribution in [2.45, 2.75) is 24.9 Å². The molecule has 3 rings (SSSR count). The summed E-state index contributed by atoms with van der Waals surface area (Å²) in [7, 11) is 3.94. The number of carbonyl (C=O) groups is 2. The fourth-order valence-electron chi connectivity index (χ4n) is 3.07. The van der Waals surface area contributed by atoms with Gasteiger partial charge in [0.15, 0.2) is 0 Å². The Labute approximate surface area is 159 Å². The molecule has 1 aliphatic heterocycles. The van der Waals surface area contributed by atoms with Crippen LogP contribution < -0.4 is 20.9 Å². The number of anilines is 2. The lowest BCUT2D eigenvalue weighted by atomic mass is 10.0. The van der Waals surface area contributed by atoms with Crippen molar-refractivity contribution in [3.8, 4) is 0 Å². The van der Waals surface area contributed by atoms with Crippen molar-refractivity contribution in [1.29, 1.82) is 0 Å². The number of nitrogens with two attached hydrogens (primary N) is 1. The number of hydrogen-bond donors (Lipinski definition) is 2. The molecule has 0 saturated carbocycles. The molecule has 2 amide bonds. The molecule has 0 aromatic heterocycles. The van der Waals surface area contributed by atoms with Gasteiger partial charge >= 0.3 is 0 Å². The van der Waals surface area contributed by atoms with Crippen LogP contribution >= 0.6 is 0 Å². The monoisotopic (exact) mass is 366 g/mol. The molecule has 2 atom stereocenters. The van der Waals surface area contributed by atoms with Gasteiger partial charge in [0.1, 0.15) is 6.04 Å². The molecule has 0 spiro atoms. The van der Waals surface area contributed by atoms with Gasteiger partial charge in [0.25, 0.3) is 5.91 Å². The number of carbonyl (C=O) groups excluding carboxylic acids is 2. The third kappa shape index (κ3) is 4.46. The van der Waals surface area contributed by atoms with Gasteiger partial charge in [-0.15, -0.1) is 0 Å². The van der Waals surface area contributed by atoms with Crippen LogP contribution in [0.2, 0.25) is 0 Å². The van der Waals surface area contributed by atoms with E-state index in [1.807, 2.05) is 73.6 Å². The van der Waals surface area contributed by atoms with E-state index < -0.39 is 12.1 Å². The number of nitrogens with one attached hydrogen (secondary N) is 1. The summed E-state index contributed by atoms with van der Waals surface area (Å²) in [6.45, 7) is 0.470. The van der Waals surface area contributed by atoms with Gasteiger partial charge in [0, 0.05) is 25.5 Å². The molecule has 6 nitrogen and oxygen atoms in total. The van der Waals surface area contributed by atoms with Crippen molar-refractivity contribution in [3.63, 3.8) is 0 Å². The van der Waals surface area contributed by atoms with E-state index in [4.69, 9.17) is 5.73 Å². The van der Waals surface area contributed by atoms with Crippen molar-refractivity contribution in [3.05, 3.63) is 60.2 Å². The van der Waals surface area contributed by atoms with Crippen LogP contribution in [-0.4, -0.2) is 44.5 Å². The predicted octanol–water partition coefficient (Wildman–Crippen LogP) is 1.54. The van der Waals surface area contributed by atoms with Crippen molar-refractivity contribution in [2.75, 3.05) is 30.4 Å². The van der Waals surface area contributed by atoms with E-state index >= 15 is 0 Å². The van der Waals surface area contributed by atoms with Crippen LogP contribution in [0.1, 0.15) is 12.0 Å². The number of rotatable bonds is 7. The lowest BCUT2D eigenvalue weighted by Crippen LogP contribution is -2.65. The smallest absolute Gasteiger partial charge is 0.251 e. The van der Waals surface area contributed by atoms with Crippen LogP contribution in [0, 0.1) is 0 Å². The van der Waals surface area contributed by atoms with E-state index in [1.54, 1.807) is 4.90 Å². The molecule has 1 fully saturated rings. The molecule has 1 aliphatic rings. The van der Waals surface area contributed by atoms with E-state index in [0.29, 0.717) is 13.0 Å². The summed E-state index contributed by atoms with van der Waals surface area (Å²) in [6, 6.07) is 16.6. The lowest BCUT2D eigenvalue weighted by Gasteiger charge is -2.39. The summed E-state index contributed by atoms with van der Waals surface area (Å²) in [5, 5.41) is 2.77. The Balaban J connectivity index is 1.47. The zero-order valence-corrected chi connectivity index (χ0v) is 15.8. The average molecular weight is 366 g/mol. The van der Waals surface area contributed by atoms with Crippen molar-refractivity contribution >= 4 is 23.2 Å². The second-order valence-corrected chi connectivity index (χ2v) is 7.05. The number of benzene rings is 2. The van der Waals surface area contributed by atoms with Crippen LogP contribution in [0.3, 0.4) is 0 Å². The molecule has 2 aromatic carbocycles. The van der Waals surface area contributed by atoms with Gasteiger partial charge in [-0.3, -0.25) is 9.59 Å². The van der Waals surface area contributed by atoms with Gasteiger partial charge in [0.2, 0.25) is 5.91 Å². The van der Waals surface area contributed by atoms with Crippen molar-refractivity contribution < 1.29 is 9.59 Å². The molecule has 1 saturated heterocycles. The van der Waals surface area contributed by atoms with E-state index in [1.165, 1.54) is 0 Å². The van der Waals surface area contributed by atoms with Crippen LogP contribution in [-0.2, 0) is 16.0 Å². The first-order chi connectivity index (χ1) is 13.0. The van der Waals surface area contributed by atoms with Gasteiger partial charge < -0.3 is 20.9 Å². The summed E-state index contributed by atoms with van der Waals surface area (Å²) in [6.07, 6.45) is 1.28. The van der Waals surface area contributed by atoms with Gasteiger partial charge in [-0.2, -0.15) is 0 Å². The SMILES string of the molecule is CN(C)c1ccc(N2C[C@@H](NC(=O)[C@@H](N)CCc3ccccc3)C2=O)cc1. The zero-order valence-electron chi connectivity index (χ0n) is 15.8. The number of amides is 2. The largest absolute Gasteiger partial charge is 0.378 e. The van der Waals surface area contributed by atoms with Crippen molar-refractivity contribution in [1.82, 2.24) is 5.32 Å². The summed E-state index contributed by atoms with van der Waals surface area (Å²) in [5.74, 6) is -0.372. The molecule has 2 aromatic rings. The molecule has 0 radical (unpaired) electrons. The maximum Gasteiger partial charge on any atom is 0.251 e. The van der Waals surface area contributed by atoms with E-state index in [0.717, 1.165) is 23.4 Å². The maximum absolute atomic E-state index is 12.4. The molecule has 142 valence electrons. The first-order valence-corrected chi connectivity index (χ1v) is 9.14. The number of nitrogens with zero attached hydrogens (tertiary/aromatic N) is 2. The summed E-state index contributed by atoms with van der Waals surface area (Å²) < 4.78 is 0. The van der Waals surface area contributed by atoms with Crippen molar-refractivity contribution in [2.24, 2.45) is 5.73 Å². The van der Waals surface area contributed by atoms with E-state index in [2.05, 4.69) is 5.32 Å². The van der Waals surface area contributed by atoms with Gasteiger partial charge in [-0.05, 0) is 42.7 Å². The number of β-lactam (4-membered cyclic amide) rings is 1. The van der Waals surface area contributed by atoms with Gasteiger partial charge in [0.05, 0.1) is 12.6 Å². The summed E-state index contributed by atoms with van der Waals surface area (Å²) in [4.78, 5) is 28.3. The fourth-order valence-corrected chi connectivity index (χ4v) is 3.07. The highest BCUT2D eigenvalue weighted by Gasteiger charge is 2.39. The number of aryl methyl sites for hydroxylation is 1. The van der Waals surface area contributed by atoms with Crippen LogP contribution in [0.4, 0.5) is 11.4 Å². The molecule has 3 N–H and O–H groups in total. The minimum atomic E-state index is -0.619. The molecule has 0 unspecified atom stereocenters. The highest BCUT2D eigenvalue weighted by Crippen LogP contribution is 2.24. The Hall–Kier alpha value is -2.86. The van der Waals surface area contributed by atoms with Gasteiger partial charge in [-0.25, -0.2) is 0 Å². The van der Waals surface area contributed by atoms with Crippen LogP contribution in [0.5, 0.6) is 0 Å². The summed E-state index contributed by atoms with van der Waals surface area (Å²) in [5.41, 5.74) is 9.04. The minimum absolute atomic E-state index is 0.101.